The molecule has 82 valence electrons. The second-order valence-electron chi connectivity index (χ2n) is 2.45. The largest absolute Gasteiger partial charge is 0.478 e. The highest BCUT2D eigenvalue weighted by Gasteiger charge is 2.37. The Hall–Kier alpha value is -1.01. The summed E-state index contributed by atoms with van der Waals surface area (Å²) in [4.78, 5) is 13.7. The van der Waals surface area contributed by atoms with Gasteiger partial charge in [-0.3, -0.25) is 0 Å². The van der Waals surface area contributed by atoms with Crippen LogP contribution in [0.4, 0.5) is 13.2 Å². The van der Waals surface area contributed by atoms with Crippen LogP contribution in [0.2, 0.25) is 10.2 Å². The van der Waals surface area contributed by atoms with Gasteiger partial charge in [-0.25, -0.2) is 9.78 Å². The Balaban J connectivity index is 3.55. The molecule has 0 spiro atoms. The van der Waals surface area contributed by atoms with Crippen molar-refractivity contribution in [2.45, 2.75) is 6.18 Å². The quantitative estimate of drug-likeness (QED) is 0.789. The predicted molar refractivity (Wildman–Crippen MR) is 46.2 cm³/mol. The summed E-state index contributed by atoms with van der Waals surface area (Å²) in [5.74, 6) is -1.81. The number of aromatic nitrogens is 1. The molecule has 1 heterocycles. The fourth-order valence-electron chi connectivity index (χ4n) is 0.888. The van der Waals surface area contributed by atoms with Gasteiger partial charge in [0.25, 0.3) is 0 Å². The predicted octanol–water partition coefficient (Wildman–Crippen LogP) is 3.11. The summed E-state index contributed by atoms with van der Waals surface area (Å²) in [5.41, 5.74) is -2.52. The molecule has 8 heteroatoms. The number of nitrogens with zero attached hydrogens (tertiary/aromatic N) is 1. The van der Waals surface area contributed by atoms with Gasteiger partial charge in [0.1, 0.15) is 5.15 Å². The Morgan fingerprint density at radius 2 is 1.93 bits per heavy atom. The molecule has 1 N–H and O–H groups in total. The summed E-state index contributed by atoms with van der Waals surface area (Å²) in [6.07, 6.45) is -4.51. The molecular weight excluding hydrogens is 258 g/mol. The van der Waals surface area contributed by atoms with Gasteiger partial charge in [-0.15, -0.1) is 0 Å². The van der Waals surface area contributed by atoms with Crippen molar-refractivity contribution in [1.82, 2.24) is 4.98 Å². The maximum Gasteiger partial charge on any atom is 0.418 e. The van der Waals surface area contributed by atoms with Crippen LogP contribution in [0, 0.1) is 0 Å². The molecule has 0 saturated heterocycles. The zero-order valence-corrected chi connectivity index (χ0v) is 8.28. The number of hydrogen-bond donors (Lipinski definition) is 1. The van der Waals surface area contributed by atoms with Gasteiger partial charge >= 0.3 is 12.1 Å². The van der Waals surface area contributed by atoms with Crippen LogP contribution in [-0.4, -0.2) is 16.1 Å². The lowest BCUT2D eigenvalue weighted by atomic mass is 10.1. The van der Waals surface area contributed by atoms with Crippen LogP contribution < -0.4 is 0 Å². The first-order valence-electron chi connectivity index (χ1n) is 3.39. The van der Waals surface area contributed by atoms with Crippen LogP contribution in [0.15, 0.2) is 6.20 Å². The van der Waals surface area contributed by atoms with Gasteiger partial charge in [-0.2, -0.15) is 13.2 Å². The van der Waals surface area contributed by atoms with Crippen LogP contribution in [-0.2, 0) is 6.18 Å². The summed E-state index contributed by atoms with van der Waals surface area (Å²) in [6, 6.07) is 0. The molecule has 15 heavy (non-hydrogen) atoms. The number of halogens is 5. The zero-order valence-electron chi connectivity index (χ0n) is 6.77. The molecular formula is C7H2Cl2F3NO2. The van der Waals surface area contributed by atoms with E-state index in [4.69, 9.17) is 28.3 Å². The number of rotatable bonds is 1. The maximum absolute atomic E-state index is 12.3. The van der Waals surface area contributed by atoms with E-state index in [1.54, 1.807) is 0 Å². The van der Waals surface area contributed by atoms with Crippen LogP contribution in [0.25, 0.3) is 0 Å². The van der Waals surface area contributed by atoms with E-state index >= 15 is 0 Å². The summed E-state index contributed by atoms with van der Waals surface area (Å²) >= 11 is 10.6. The van der Waals surface area contributed by atoms with E-state index in [9.17, 15) is 18.0 Å². The van der Waals surface area contributed by atoms with Crippen LogP contribution in [0.5, 0.6) is 0 Å². The third-order valence-electron chi connectivity index (χ3n) is 1.50. The highest BCUT2D eigenvalue weighted by molar-refractivity contribution is 6.43. The normalized spacial score (nSPS) is 11.5. The minimum Gasteiger partial charge on any atom is -0.478 e. The fourth-order valence-corrected chi connectivity index (χ4v) is 1.26. The first-order chi connectivity index (χ1) is 6.75. The van der Waals surface area contributed by atoms with E-state index in [0.29, 0.717) is 6.20 Å². The molecule has 1 aromatic heterocycles. The van der Waals surface area contributed by atoms with Gasteiger partial charge in [-0.05, 0) is 0 Å². The summed E-state index contributed by atoms with van der Waals surface area (Å²) in [6.45, 7) is 0. The second kappa shape index (κ2) is 3.86. The second-order valence-corrected chi connectivity index (χ2v) is 3.19. The Morgan fingerprint density at radius 3 is 2.33 bits per heavy atom. The number of carboxylic acids is 1. The van der Waals surface area contributed by atoms with Crippen molar-refractivity contribution in [3.63, 3.8) is 0 Å². The molecule has 0 unspecified atom stereocenters. The smallest absolute Gasteiger partial charge is 0.418 e. The standard InChI is InChI=1S/C7H2Cl2F3NO2/c8-4-3(6(14)15)2(7(10,11)12)1-13-5(4)9/h1H,(H,14,15). The van der Waals surface area contributed by atoms with E-state index in [1.807, 2.05) is 0 Å². The van der Waals surface area contributed by atoms with Crippen molar-refractivity contribution in [2.75, 3.05) is 0 Å². The Bertz CT molecular complexity index is 419. The Labute approximate surface area is 91.4 Å². The average molecular weight is 260 g/mol. The zero-order chi connectivity index (χ0) is 11.8. The van der Waals surface area contributed by atoms with E-state index in [2.05, 4.69) is 4.98 Å². The molecule has 0 aliphatic heterocycles. The van der Waals surface area contributed by atoms with E-state index in [1.165, 1.54) is 0 Å². The van der Waals surface area contributed by atoms with Crippen molar-refractivity contribution < 1.29 is 23.1 Å². The van der Waals surface area contributed by atoms with Crippen LogP contribution in [0.1, 0.15) is 15.9 Å². The molecule has 0 radical (unpaired) electrons. The summed E-state index contributed by atoms with van der Waals surface area (Å²) < 4.78 is 36.9. The number of carboxylic acid groups (broad SMARTS) is 1. The highest BCUT2D eigenvalue weighted by atomic mass is 35.5. The fraction of sp³-hybridized carbons (Fsp3) is 0.143. The molecule has 1 rings (SSSR count). The van der Waals surface area contributed by atoms with Gasteiger partial charge in [0, 0.05) is 6.20 Å². The maximum atomic E-state index is 12.3. The lowest BCUT2D eigenvalue weighted by molar-refractivity contribution is -0.138. The molecule has 0 aliphatic carbocycles. The lowest BCUT2D eigenvalue weighted by Gasteiger charge is -2.11. The summed E-state index contributed by atoms with van der Waals surface area (Å²) in [7, 11) is 0. The molecule has 0 atom stereocenters. The van der Waals surface area contributed by atoms with Crippen molar-refractivity contribution in [3.05, 3.63) is 27.5 Å². The molecule has 0 aromatic carbocycles. The van der Waals surface area contributed by atoms with Gasteiger partial charge in [0.2, 0.25) is 0 Å². The topological polar surface area (TPSA) is 50.2 Å². The van der Waals surface area contributed by atoms with Gasteiger partial charge in [0.05, 0.1) is 16.1 Å². The number of aromatic carboxylic acids is 1. The first-order valence-corrected chi connectivity index (χ1v) is 4.15. The van der Waals surface area contributed by atoms with Crippen molar-refractivity contribution >= 4 is 29.2 Å². The third-order valence-corrected chi connectivity index (χ3v) is 2.25. The van der Waals surface area contributed by atoms with Gasteiger partial charge < -0.3 is 5.11 Å². The molecule has 0 amide bonds. The third kappa shape index (κ3) is 2.32. The van der Waals surface area contributed by atoms with E-state index in [0.717, 1.165) is 0 Å². The van der Waals surface area contributed by atoms with Crippen LogP contribution >= 0.6 is 23.2 Å². The molecule has 0 fully saturated rings. The minimum absolute atomic E-state index is 0.331. The molecule has 0 saturated carbocycles. The van der Waals surface area contributed by atoms with E-state index in [-0.39, 0.29) is 0 Å². The minimum atomic E-state index is -4.84. The monoisotopic (exact) mass is 259 g/mol. The number of carbonyl (C=O) groups is 1. The van der Waals surface area contributed by atoms with Crippen LogP contribution in [0.3, 0.4) is 0 Å². The van der Waals surface area contributed by atoms with Gasteiger partial charge in [-0.1, -0.05) is 23.2 Å². The Kier molecular flexibility index (Phi) is 3.11. The Morgan fingerprint density at radius 1 is 1.40 bits per heavy atom. The number of pyridine rings is 1. The van der Waals surface area contributed by atoms with Crippen molar-refractivity contribution in [3.8, 4) is 0 Å². The molecule has 1 aromatic rings. The molecule has 0 aliphatic rings. The highest BCUT2D eigenvalue weighted by Crippen LogP contribution is 2.36. The number of alkyl halides is 3. The van der Waals surface area contributed by atoms with Gasteiger partial charge in [0.15, 0.2) is 0 Å². The SMILES string of the molecule is O=C(O)c1c(C(F)(F)F)cnc(Cl)c1Cl. The average Bonchev–Trinajstić information content (AvgIpc) is 2.06. The van der Waals surface area contributed by atoms with Crippen molar-refractivity contribution in [1.29, 1.82) is 0 Å². The number of hydrogen-bond acceptors (Lipinski definition) is 2. The lowest BCUT2D eigenvalue weighted by Crippen LogP contribution is -2.14. The van der Waals surface area contributed by atoms with Crippen molar-refractivity contribution in [2.24, 2.45) is 0 Å². The van der Waals surface area contributed by atoms with E-state index < -0.39 is 33.4 Å². The molecule has 0 bridgehead atoms. The molecule has 3 nitrogen and oxygen atoms in total. The first kappa shape index (κ1) is 12.1. The summed E-state index contributed by atoms with van der Waals surface area (Å²) in [5, 5.41) is 7.36.